The standard InChI is InChI=1S/C28H26N2O5/c1-17-8-9-19(12-18(17)2)27(32)24-15-30(25-11-10-22(35-4)14-23(25)28(24)33)16-26(31)29-20-6-5-7-21(13-20)34-3/h5-15H,16H2,1-4H3,(H,29,31). The lowest BCUT2D eigenvalue weighted by atomic mass is 9.98. The minimum absolute atomic E-state index is 0.0109. The van der Waals surface area contributed by atoms with Gasteiger partial charge in [-0.2, -0.15) is 0 Å². The quantitative estimate of drug-likeness (QED) is 0.402. The summed E-state index contributed by atoms with van der Waals surface area (Å²) in [5.41, 5.74) is 3.10. The Kier molecular flexibility index (Phi) is 6.68. The van der Waals surface area contributed by atoms with Crippen molar-refractivity contribution in [1.82, 2.24) is 4.57 Å². The number of fused-ring (bicyclic) bond motifs is 1. The van der Waals surface area contributed by atoms with E-state index in [1.54, 1.807) is 66.3 Å². The summed E-state index contributed by atoms with van der Waals surface area (Å²) in [7, 11) is 3.06. The van der Waals surface area contributed by atoms with Crippen molar-refractivity contribution >= 4 is 28.3 Å². The Morgan fingerprint density at radius 3 is 2.34 bits per heavy atom. The molecule has 0 radical (unpaired) electrons. The molecule has 1 amide bonds. The van der Waals surface area contributed by atoms with Gasteiger partial charge in [0, 0.05) is 23.5 Å². The maximum absolute atomic E-state index is 13.4. The molecule has 0 aliphatic rings. The van der Waals surface area contributed by atoms with Crippen molar-refractivity contribution in [1.29, 1.82) is 0 Å². The van der Waals surface area contributed by atoms with Gasteiger partial charge in [-0.15, -0.1) is 0 Å². The van der Waals surface area contributed by atoms with E-state index in [0.717, 1.165) is 11.1 Å². The van der Waals surface area contributed by atoms with Crippen LogP contribution in [0.25, 0.3) is 10.9 Å². The summed E-state index contributed by atoms with van der Waals surface area (Å²) in [4.78, 5) is 39.6. The van der Waals surface area contributed by atoms with Gasteiger partial charge in [0.05, 0.1) is 30.7 Å². The smallest absolute Gasteiger partial charge is 0.244 e. The molecule has 3 aromatic carbocycles. The molecule has 0 atom stereocenters. The molecule has 0 aliphatic heterocycles. The molecule has 0 bridgehead atoms. The number of aromatic nitrogens is 1. The summed E-state index contributed by atoms with van der Waals surface area (Å²) in [5.74, 6) is 0.385. The van der Waals surface area contributed by atoms with Crippen molar-refractivity contribution in [2.24, 2.45) is 0 Å². The second-order valence-electron chi connectivity index (χ2n) is 8.29. The predicted molar refractivity (Wildman–Crippen MR) is 136 cm³/mol. The number of hydrogen-bond acceptors (Lipinski definition) is 5. The van der Waals surface area contributed by atoms with Crippen LogP contribution in [0.1, 0.15) is 27.0 Å². The average molecular weight is 471 g/mol. The van der Waals surface area contributed by atoms with Crippen LogP contribution in [0, 0.1) is 13.8 Å². The van der Waals surface area contributed by atoms with Crippen LogP contribution >= 0.6 is 0 Å². The summed E-state index contributed by atoms with van der Waals surface area (Å²) in [5, 5.41) is 3.13. The van der Waals surface area contributed by atoms with E-state index in [1.807, 2.05) is 19.9 Å². The maximum Gasteiger partial charge on any atom is 0.244 e. The molecule has 0 unspecified atom stereocenters. The normalized spacial score (nSPS) is 10.7. The first-order chi connectivity index (χ1) is 16.8. The molecule has 0 spiro atoms. The molecule has 7 heteroatoms. The molecule has 0 aliphatic carbocycles. The fourth-order valence-corrected chi connectivity index (χ4v) is 3.89. The molecular formula is C28H26N2O5. The monoisotopic (exact) mass is 470 g/mol. The first-order valence-corrected chi connectivity index (χ1v) is 11.1. The number of aryl methyl sites for hydroxylation is 2. The highest BCUT2D eigenvalue weighted by molar-refractivity contribution is 6.10. The van der Waals surface area contributed by atoms with Crippen molar-refractivity contribution in [2.75, 3.05) is 19.5 Å². The Labute approximate surface area is 202 Å². The summed E-state index contributed by atoms with van der Waals surface area (Å²) < 4.78 is 12.1. The van der Waals surface area contributed by atoms with Gasteiger partial charge in [-0.25, -0.2) is 0 Å². The second kappa shape index (κ2) is 9.85. The average Bonchev–Trinajstić information content (AvgIpc) is 2.86. The van der Waals surface area contributed by atoms with Crippen LogP contribution in [0.15, 0.2) is 71.7 Å². The highest BCUT2D eigenvalue weighted by Crippen LogP contribution is 2.22. The zero-order valence-corrected chi connectivity index (χ0v) is 20.0. The molecule has 4 aromatic rings. The van der Waals surface area contributed by atoms with Crippen LogP contribution < -0.4 is 20.2 Å². The number of benzene rings is 3. The number of hydrogen-bond donors (Lipinski definition) is 1. The van der Waals surface area contributed by atoms with E-state index < -0.39 is 11.2 Å². The Balaban J connectivity index is 1.77. The van der Waals surface area contributed by atoms with E-state index in [0.29, 0.717) is 33.7 Å². The number of nitrogens with one attached hydrogen (secondary N) is 1. The Morgan fingerprint density at radius 2 is 1.63 bits per heavy atom. The topological polar surface area (TPSA) is 86.6 Å². The van der Waals surface area contributed by atoms with E-state index in [-0.39, 0.29) is 18.0 Å². The number of ether oxygens (including phenoxy) is 2. The van der Waals surface area contributed by atoms with Crippen molar-refractivity contribution in [2.45, 2.75) is 20.4 Å². The minimum Gasteiger partial charge on any atom is -0.497 e. The van der Waals surface area contributed by atoms with Crippen molar-refractivity contribution in [3.05, 3.63) is 99.3 Å². The third-order valence-corrected chi connectivity index (χ3v) is 5.97. The number of methoxy groups -OCH3 is 2. The lowest BCUT2D eigenvalue weighted by Crippen LogP contribution is -2.24. The Bertz CT molecular complexity index is 1500. The predicted octanol–water partition coefficient (Wildman–Crippen LogP) is 4.51. The van der Waals surface area contributed by atoms with Crippen LogP contribution in [-0.4, -0.2) is 30.5 Å². The largest absolute Gasteiger partial charge is 0.497 e. The number of amides is 1. The van der Waals surface area contributed by atoms with Crippen LogP contribution in [0.3, 0.4) is 0 Å². The van der Waals surface area contributed by atoms with Crippen LogP contribution in [0.5, 0.6) is 11.5 Å². The van der Waals surface area contributed by atoms with Gasteiger partial charge < -0.3 is 19.4 Å². The maximum atomic E-state index is 13.4. The first-order valence-electron chi connectivity index (χ1n) is 11.1. The van der Waals surface area contributed by atoms with Gasteiger partial charge in [-0.3, -0.25) is 14.4 Å². The molecular weight excluding hydrogens is 444 g/mol. The summed E-state index contributed by atoms with van der Waals surface area (Å²) >= 11 is 0. The molecule has 4 rings (SSSR count). The molecule has 35 heavy (non-hydrogen) atoms. The number of pyridine rings is 1. The summed E-state index contributed by atoms with van der Waals surface area (Å²) in [6, 6.07) is 17.4. The molecule has 1 N–H and O–H groups in total. The number of anilines is 1. The van der Waals surface area contributed by atoms with Crippen molar-refractivity contribution in [3.63, 3.8) is 0 Å². The summed E-state index contributed by atoms with van der Waals surface area (Å²) in [6.07, 6.45) is 1.46. The number of nitrogens with zero attached hydrogens (tertiary/aromatic N) is 1. The molecule has 178 valence electrons. The van der Waals surface area contributed by atoms with Crippen LogP contribution in [0.4, 0.5) is 5.69 Å². The molecule has 0 saturated heterocycles. The lowest BCUT2D eigenvalue weighted by molar-refractivity contribution is -0.116. The minimum atomic E-state index is -0.411. The van der Waals surface area contributed by atoms with Crippen LogP contribution in [0.2, 0.25) is 0 Å². The molecule has 7 nitrogen and oxygen atoms in total. The van der Waals surface area contributed by atoms with Gasteiger partial charge in [-0.05, 0) is 61.4 Å². The third-order valence-electron chi connectivity index (χ3n) is 5.97. The first kappa shape index (κ1) is 23.8. The number of carbonyl (C=O) groups is 2. The summed E-state index contributed by atoms with van der Waals surface area (Å²) in [6.45, 7) is 3.77. The van der Waals surface area contributed by atoms with Gasteiger partial charge in [0.1, 0.15) is 18.0 Å². The van der Waals surface area contributed by atoms with Gasteiger partial charge in [0.25, 0.3) is 0 Å². The van der Waals surface area contributed by atoms with E-state index >= 15 is 0 Å². The van der Waals surface area contributed by atoms with Gasteiger partial charge in [0.2, 0.25) is 11.3 Å². The molecule has 1 heterocycles. The Morgan fingerprint density at radius 1 is 0.886 bits per heavy atom. The molecule has 0 fully saturated rings. The lowest BCUT2D eigenvalue weighted by Gasteiger charge is -2.15. The number of ketones is 1. The zero-order chi connectivity index (χ0) is 25.1. The second-order valence-corrected chi connectivity index (χ2v) is 8.29. The van der Waals surface area contributed by atoms with Gasteiger partial charge in [-0.1, -0.05) is 18.2 Å². The van der Waals surface area contributed by atoms with E-state index in [1.165, 1.54) is 13.3 Å². The SMILES string of the molecule is COc1cccc(NC(=O)Cn2cc(C(=O)c3ccc(C)c(C)c3)c(=O)c3cc(OC)ccc32)c1. The number of rotatable bonds is 7. The van der Waals surface area contributed by atoms with E-state index in [4.69, 9.17) is 9.47 Å². The zero-order valence-electron chi connectivity index (χ0n) is 20.0. The van der Waals surface area contributed by atoms with Crippen LogP contribution in [-0.2, 0) is 11.3 Å². The van der Waals surface area contributed by atoms with Crippen molar-refractivity contribution in [3.8, 4) is 11.5 Å². The highest BCUT2D eigenvalue weighted by Gasteiger charge is 2.19. The fourth-order valence-electron chi connectivity index (χ4n) is 3.89. The molecule has 1 aromatic heterocycles. The van der Waals surface area contributed by atoms with E-state index in [2.05, 4.69) is 5.32 Å². The number of carbonyl (C=O) groups excluding carboxylic acids is 2. The van der Waals surface area contributed by atoms with Gasteiger partial charge in [0.15, 0.2) is 5.78 Å². The third kappa shape index (κ3) is 4.94. The van der Waals surface area contributed by atoms with E-state index in [9.17, 15) is 14.4 Å². The van der Waals surface area contributed by atoms with Gasteiger partial charge >= 0.3 is 0 Å². The van der Waals surface area contributed by atoms with Crippen molar-refractivity contribution < 1.29 is 19.1 Å². The highest BCUT2D eigenvalue weighted by atomic mass is 16.5. The Hall–Kier alpha value is -4.39. The molecule has 0 saturated carbocycles. The fraction of sp³-hybridized carbons (Fsp3) is 0.179.